The Kier molecular flexibility index (Phi) is 6.82. The van der Waals surface area contributed by atoms with Crippen molar-refractivity contribution in [2.45, 2.75) is 18.6 Å². The van der Waals surface area contributed by atoms with Gasteiger partial charge in [0.1, 0.15) is 6.04 Å². The number of nitrogens with two attached hydrogens (primary N) is 1. The van der Waals surface area contributed by atoms with Crippen LogP contribution in [0.2, 0.25) is 0 Å². The lowest BCUT2D eigenvalue weighted by Gasteiger charge is -2.31. The molecule has 0 amide bonds. The summed E-state index contributed by atoms with van der Waals surface area (Å²) in [5.41, 5.74) is 5.10. The van der Waals surface area contributed by atoms with E-state index in [1.54, 1.807) is 0 Å². The SMILES string of the molecule is NCCC(N(CCO)CCO)C(F)(F)F. The summed E-state index contributed by atoms with van der Waals surface area (Å²) < 4.78 is 37.6. The lowest BCUT2D eigenvalue weighted by atomic mass is 10.1. The van der Waals surface area contributed by atoms with Crippen molar-refractivity contribution in [1.29, 1.82) is 0 Å². The van der Waals surface area contributed by atoms with Crippen LogP contribution in [0, 0.1) is 0 Å². The predicted molar refractivity (Wildman–Crippen MR) is 49.3 cm³/mol. The molecule has 0 aliphatic heterocycles. The first-order valence-corrected chi connectivity index (χ1v) is 4.70. The van der Waals surface area contributed by atoms with Crippen molar-refractivity contribution in [3.8, 4) is 0 Å². The molecule has 0 bridgehead atoms. The molecule has 0 heterocycles. The molecule has 1 unspecified atom stereocenters. The first-order valence-electron chi connectivity index (χ1n) is 4.70. The van der Waals surface area contributed by atoms with Gasteiger partial charge in [-0.3, -0.25) is 4.90 Å². The maximum Gasteiger partial charge on any atom is 0.404 e. The molecule has 92 valence electrons. The zero-order valence-electron chi connectivity index (χ0n) is 8.37. The molecule has 0 rings (SSSR count). The third-order valence-corrected chi connectivity index (χ3v) is 2.03. The standard InChI is InChI=1S/C8H17F3N2O2/c9-8(10,11)7(1-2-12)13(3-5-14)4-6-15/h7,14-15H,1-6,12H2. The smallest absolute Gasteiger partial charge is 0.395 e. The number of alkyl halides is 3. The zero-order valence-corrected chi connectivity index (χ0v) is 8.37. The average Bonchev–Trinajstić information content (AvgIpc) is 2.12. The minimum atomic E-state index is -4.39. The number of aliphatic hydroxyl groups is 2. The van der Waals surface area contributed by atoms with Crippen LogP contribution in [0.25, 0.3) is 0 Å². The molecule has 0 radical (unpaired) electrons. The number of hydrogen-bond acceptors (Lipinski definition) is 4. The van der Waals surface area contributed by atoms with E-state index in [4.69, 9.17) is 15.9 Å². The minimum Gasteiger partial charge on any atom is -0.395 e. The topological polar surface area (TPSA) is 69.7 Å². The number of halogens is 3. The van der Waals surface area contributed by atoms with Gasteiger partial charge in [0.15, 0.2) is 0 Å². The molecular weight excluding hydrogens is 213 g/mol. The van der Waals surface area contributed by atoms with Crippen LogP contribution in [0.4, 0.5) is 13.2 Å². The molecule has 0 aromatic rings. The Balaban J connectivity index is 4.51. The van der Waals surface area contributed by atoms with E-state index < -0.39 is 12.2 Å². The number of rotatable bonds is 7. The van der Waals surface area contributed by atoms with Gasteiger partial charge in [-0.15, -0.1) is 0 Å². The van der Waals surface area contributed by atoms with Gasteiger partial charge in [0.2, 0.25) is 0 Å². The summed E-state index contributed by atoms with van der Waals surface area (Å²) in [7, 11) is 0. The van der Waals surface area contributed by atoms with Crippen LogP contribution in [0.1, 0.15) is 6.42 Å². The normalized spacial score (nSPS) is 14.6. The number of nitrogens with zero attached hydrogens (tertiary/aromatic N) is 1. The molecule has 0 fully saturated rings. The van der Waals surface area contributed by atoms with E-state index in [9.17, 15) is 13.2 Å². The molecule has 0 aliphatic carbocycles. The van der Waals surface area contributed by atoms with Gasteiger partial charge in [0.25, 0.3) is 0 Å². The number of hydrogen-bond donors (Lipinski definition) is 3. The van der Waals surface area contributed by atoms with E-state index in [0.29, 0.717) is 0 Å². The third kappa shape index (κ3) is 5.31. The van der Waals surface area contributed by atoms with E-state index in [2.05, 4.69) is 0 Å². The molecular formula is C8H17F3N2O2. The lowest BCUT2D eigenvalue weighted by Crippen LogP contribution is -2.49. The third-order valence-electron chi connectivity index (χ3n) is 2.03. The van der Waals surface area contributed by atoms with E-state index in [-0.39, 0.29) is 39.3 Å². The summed E-state index contributed by atoms with van der Waals surface area (Å²) in [5, 5.41) is 17.2. The van der Waals surface area contributed by atoms with Crippen molar-refractivity contribution in [3.63, 3.8) is 0 Å². The molecule has 7 heteroatoms. The minimum absolute atomic E-state index is 0.0858. The van der Waals surface area contributed by atoms with E-state index in [0.717, 1.165) is 4.90 Å². The summed E-state index contributed by atoms with van der Waals surface area (Å²) in [5.74, 6) is 0. The molecule has 0 spiro atoms. The van der Waals surface area contributed by atoms with Crippen LogP contribution < -0.4 is 5.73 Å². The summed E-state index contributed by atoms with van der Waals surface area (Å²) in [6.07, 6.45) is -4.62. The molecule has 0 aromatic carbocycles. The molecule has 0 saturated heterocycles. The second-order valence-corrected chi connectivity index (χ2v) is 3.12. The van der Waals surface area contributed by atoms with Crippen LogP contribution >= 0.6 is 0 Å². The van der Waals surface area contributed by atoms with E-state index in [1.165, 1.54) is 0 Å². The highest BCUT2D eigenvalue weighted by Crippen LogP contribution is 2.26. The van der Waals surface area contributed by atoms with Crippen molar-refractivity contribution in [2.24, 2.45) is 5.73 Å². The molecule has 0 aromatic heterocycles. The monoisotopic (exact) mass is 230 g/mol. The molecule has 4 N–H and O–H groups in total. The van der Waals surface area contributed by atoms with Crippen molar-refractivity contribution >= 4 is 0 Å². The summed E-state index contributed by atoms with van der Waals surface area (Å²) >= 11 is 0. The fourth-order valence-electron chi connectivity index (χ4n) is 1.39. The summed E-state index contributed by atoms with van der Waals surface area (Å²) in [6, 6.07) is -1.69. The largest absolute Gasteiger partial charge is 0.404 e. The molecule has 1 atom stereocenters. The van der Waals surface area contributed by atoms with Gasteiger partial charge in [-0.05, 0) is 13.0 Å². The maximum absolute atomic E-state index is 12.5. The van der Waals surface area contributed by atoms with Gasteiger partial charge >= 0.3 is 6.18 Å². The Hall–Kier alpha value is -0.370. The van der Waals surface area contributed by atoms with Gasteiger partial charge < -0.3 is 15.9 Å². The Morgan fingerprint density at radius 3 is 1.87 bits per heavy atom. The highest BCUT2D eigenvalue weighted by Gasteiger charge is 2.42. The quantitative estimate of drug-likeness (QED) is 0.554. The van der Waals surface area contributed by atoms with Crippen LogP contribution in [0.15, 0.2) is 0 Å². The second-order valence-electron chi connectivity index (χ2n) is 3.12. The molecule has 0 aliphatic rings. The second kappa shape index (κ2) is 7.00. The highest BCUT2D eigenvalue weighted by molar-refractivity contribution is 4.79. The van der Waals surface area contributed by atoms with Crippen LogP contribution in [0.5, 0.6) is 0 Å². The fraction of sp³-hybridized carbons (Fsp3) is 1.00. The first-order chi connectivity index (χ1) is 6.97. The Bertz CT molecular complexity index is 160. The van der Waals surface area contributed by atoms with Gasteiger partial charge in [-0.2, -0.15) is 13.2 Å². The van der Waals surface area contributed by atoms with Gasteiger partial charge in [-0.25, -0.2) is 0 Å². The first kappa shape index (κ1) is 14.6. The molecule has 0 saturated carbocycles. The van der Waals surface area contributed by atoms with E-state index in [1.807, 2.05) is 0 Å². The Morgan fingerprint density at radius 1 is 1.13 bits per heavy atom. The Labute approximate surface area is 86.5 Å². The van der Waals surface area contributed by atoms with Crippen LogP contribution in [-0.2, 0) is 0 Å². The predicted octanol–water partition coefficient (Wildman–Crippen LogP) is -0.447. The average molecular weight is 230 g/mol. The van der Waals surface area contributed by atoms with Gasteiger partial charge in [0, 0.05) is 13.1 Å². The van der Waals surface area contributed by atoms with Crippen molar-refractivity contribution < 1.29 is 23.4 Å². The van der Waals surface area contributed by atoms with Crippen molar-refractivity contribution in [1.82, 2.24) is 4.90 Å². The molecule has 4 nitrogen and oxygen atoms in total. The lowest BCUT2D eigenvalue weighted by molar-refractivity contribution is -0.186. The van der Waals surface area contributed by atoms with Crippen molar-refractivity contribution in [3.05, 3.63) is 0 Å². The van der Waals surface area contributed by atoms with Crippen molar-refractivity contribution in [2.75, 3.05) is 32.8 Å². The van der Waals surface area contributed by atoms with Gasteiger partial charge in [0.05, 0.1) is 13.2 Å². The van der Waals surface area contributed by atoms with Crippen LogP contribution in [-0.4, -0.2) is 60.2 Å². The Morgan fingerprint density at radius 2 is 1.60 bits per heavy atom. The highest BCUT2D eigenvalue weighted by atomic mass is 19.4. The van der Waals surface area contributed by atoms with E-state index >= 15 is 0 Å². The fourth-order valence-corrected chi connectivity index (χ4v) is 1.39. The summed E-state index contributed by atoms with van der Waals surface area (Å²) in [6.45, 7) is -1.08. The van der Waals surface area contributed by atoms with Gasteiger partial charge in [-0.1, -0.05) is 0 Å². The molecule has 15 heavy (non-hydrogen) atoms. The zero-order chi connectivity index (χ0) is 11.9. The summed E-state index contributed by atoms with van der Waals surface area (Å²) in [4.78, 5) is 0.993. The van der Waals surface area contributed by atoms with Crippen LogP contribution in [0.3, 0.4) is 0 Å². The maximum atomic E-state index is 12.5. The number of aliphatic hydroxyl groups excluding tert-OH is 2.